The van der Waals surface area contributed by atoms with Gasteiger partial charge in [0.25, 0.3) is 5.91 Å². The van der Waals surface area contributed by atoms with Crippen molar-refractivity contribution in [2.45, 2.75) is 33.1 Å². The minimum absolute atomic E-state index is 0.0552. The Morgan fingerprint density at radius 2 is 1.72 bits per heavy atom. The van der Waals surface area contributed by atoms with E-state index in [1.54, 1.807) is 0 Å². The van der Waals surface area contributed by atoms with E-state index in [1.165, 1.54) is 5.56 Å². The number of aryl methyl sites for hydroxylation is 2. The summed E-state index contributed by atoms with van der Waals surface area (Å²) in [6, 6.07) is 16.3. The number of nitrogens with one attached hydrogen (secondary N) is 1. The van der Waals surface area contributed by atoms with Gasteiger partial charge in [0, 0.05) is 18.0 Å². The molecule has 1 saturated heterocycles. The minimum Gasteiger partial charge on any atom is -0.462 e. The average Bonchev–Trinajstić information content (AvgIpc) is 3.09. The van der Waals surface area contributed by atoms with Gasteiger partial charge in [-0.1, -0.05) is 48.5 Å². The van der Waals surface area contributed by atoms with Gasteiger partial charge in [0.1, 0.15) is 0 Å². The standard InChI is InChI=1S/C24H30N2O3/c1-4-29-23(28)17-26(14-13-21(15-26)20-11-6-5-7-12-20)16-22(27)25-24-18(2)9-8-10-19(24)3/h5-12,21H,4,13-17H2,1-3H3/p+1. The highest BCUT2D eigenvalue weighted by Crippen LogP contribution is 2.32. The summed E-state index contributed by atoms with van der Waals surface area (Å²) in [5, 5.41) is 3.08. The molecule has 5 nitrogen and oxygen atoms in total. The van der Waals surface area contributed by atoms with Crippen molar-refractivity contribution in [1.82, 2.24) is 0 Å². The van der Waals surface area contributed by atoms with Crippen LogP contribution in [-0.2, 0) is 14.3 Å². The van der Waals surface area contributed by atoms with Crippen LogP contribution in [0.5, 0.6) is 0 Å². The normalized spacial score (nSPS) is 21.0. The number of benzene rings is 2. The van der Waals surface area contributed by atoms with E-state index in [-0.39, 0.29) is 25.0 Å². The molecular formula is C24H31N2O3+. The third-order valence-corrected chi connectivity index (χ3v) is 5.82. The zero-order chi connectivity index (χ0) is 20.9. The molecular weight excluding hydrogens is 364 g/mol. The van der Waals surface area contributed by atoms with Gasteiger partial charge < -0.3 is 14.5 Å². The van der Waals surface area contributed by atoms with Crippen molar-refractivity contribution in [2.24, 2.45) is 0 Å². The molecule has 2 aromatic carbocycles. The third kappa shape index (κ3) is 5.24. The second-order valence-corrected chi connectivity index (χ2v) is 8.08. The van der Waals surface area contributed by atoms with Crippen LogP contribution in [0, 0.1) is 13.8 Å². The number of para-hydroxylation sites is 1. The fraction of sp³-hybridized carbons (Fsp3) is 0.417. The van der Waals surface area contributed by atoms with Crippen LogP contribution in [0.2, 0.25) is 0 Å². The Kier molecular flexibility index (Phi) is 6.70. The second kappa shape index (κ2) is 9.23. The number of quaternary nitrogens is 1. The molecule has 0 radical (unpaired) electrons. The Hall–Kier alpha value is -2.66. The highest BCUT2D eigenvalue weighted by Gasteiger charge is 2.42. The number of hydrogen-bond acceptors (Lipinski definition) is 3. The molecule has 0 aliphatic carbocycles. The molecule has 29 heavy (non-hydrogen) atoms. The van der Waals surface area contributed by atoms with Crippen molar-refractivity contribution in [3.63, 3.8) is 0 Å². The molecule has 1 aliphatic rings. The number of anilines is 1. The van der Waals surface area contributed by atoms with Gasteiger partial charge in [0.15, 0.2) is 13.1 Å². The lowest BCUT2D eigenvalue weighted by molar-refractivity contribution is -0.902. The van der Waals surface area contributed by atoms with E-state index in [0.717, 1.165) is 36.3 Å². The molecule has 2 atom stereocenters. The summed E-state index contributed by atoms with van der Waals surface area (Å²) < 4.78 is 5.66. The Labute approximate surface area is 173 Å². The summed E-state index contributed by atoms with van der Waals surface area (Å²) in [4.78, 5) is 25.3. The van der Waals surface area contributed by atoms with Gasteiger partial charge in [-0.15, -0.1) is 0 Å². The van der Waals surface area contributed by atoms with Crippen LogP contribution >= 0.6 is 0 Å². The van der Waals surface area contributed by atoms with Crippen LogP contribution in [0.3, 0.4) is 0 Å². The van der Waals surface area contributed by atoms with Gasteiger partial charge in [-0.25, -0.2) is 4.79 Å². The number of amides is 1. The molecule has 0 bridgehead atoms. The Balaban J connectivity index is 1.77. The van der Waals surface area contributed by atoms with Crippen LogP contribution in [0.25, 0.3) is 0 Å². The molecule has 1 amide bonds. The van der Waals surface area contributed by atoms with Gasteiger partial charge in [-0.3, -0.25) is 4.79 Å². The van der Waals surface area contributed by atoms with Gasteiger partial charge in [-0.2, -0.15) is 0 Å². The van der Waals surface area contributed by atoms with Crippen LogP contribution in [0.15, 0.2) is 48.5 Å². The topological polar surface area (TPSA) is 55.4 Å². The smallest absolute Gasteiger partial charge is 0.361 e. The lowest BCUT2D eigenvalue weighted by atomic mass is 9.99. The molecule has 3 rings (SSSR count). The number of rotatable bonds is 7. The summed E-state index contributed by atoms with van der Waals surface area (Å²) in [5.41, 5.74) is 4.22. The van der Waals surface area contributed by atoms with E-state index in [9.17, 15) is 9.59 Å². The van der Waals surface area contributed by atoms with Crippen molar-refractivity contribution < 1.29 is 18.8 Å². The largest absolute Gasteiger partial charge is 0.462 e. The molecule has 0 aromatic heterocycles. The number of likely N-dealkylation sites (tertiary alicyclic amines) is 1. The lowest BCUT2D eigenvalue weighted by Gasteiger charge is -2.33. The molecule has 1 N–H and O–H groups in total. The summed E-state index contributed by atoms with van der Waals surface area (Å²) >= 11 is 0. The number of ether oxygens (including phenoxy) is 1. The van der Waals surface area contributed by atoms with Crippen LogP contribution in [0.1, 0.15) is 36.0 Å². The molecule has 5 heteroatoms. The van der Waals surface area contributed by atoms with Gasteiger partial charge in [0.2, 0.25) is 0 Å². The number of nitrogens with zero attached hydrogens (tertiary/aromatic N) is 1. The molecule has 1 aliphatic heterocycles. The van der Waals surface area contributed by atoms with Crippen molar-refractivity contribution in [3.05, 3.63) is 65.2 Å². The molecule has 1 fully saturated rings. The Morgan fingerprint density at radius 1 is 1.03 bits per heavy atom. The molecule has 1 heterocycles. The number of carbonyl (C=O) groups is 2. The summed E-state index contributed by atoms with van der Waals surface area (Å²) in [6.07, 6.45) is 0.958. The summed E-state index contributed by atoms with van der Waals surface area (Å²) in [7, 11) is 0. The van der Waals surface area contributed by atoms with Crippen molar-refractivity contribution in [1.29, 1.82) is 0 Å². The minimum atomic E-state index is -0.235. The molecule has 0 spiro atoms. The number of hydrogen-bond donors (Lipinski definition) is 1. The first-order valence-corrected chi connectivity index (χ1v) is 10.3. The second-order valence-electron chi connectivity index (χ2n) is 8.08. The number of carbonyl (C=O) groups excluding carboxylic acids is 2. The van der Waals surface area contributed by atoms with Crippen molar-refractivity contribution >= 4 is 17.6 Å². The van der Waals surface area contributed by atoms with Crippen LogP contribution in [-0.4, -0.2) is 49.1 Å². The van der Waals surface area contributed by atoms with Crippen molar-refractivity contribution in [2.75, 3.05) is 38.1 Å². The highest BCUT2D eigenvalue weighted by molar-refractivity contribution is 5.93. The van der Waals surface area contributed by atoms with E-state index in [4.69, 9.17) is 4.74 Å². The maximum absolute atomic E-state index is 13.0. The van der Waals surface area contributed by atoms with Crippen molar-refractivity contribution in [3.8, 4) is 0 Å². The van der Waals surface area contributed by atoms with Gasteiger partial charge in [0.05, 0.1) is 19.7 Å². The Bertz CT molecular complexity index is 845. The highest BCUT2D eigenvalue weighted by atomic mass is 16.5. The quantitative estimate of drug-likeness (QED) is 0.573. The Morgan fingerprint density at radius 3 is 2.38 bits per heavy atom. The zero-order valence-electron chi connectivity index (χ0n) is 17.6. The molecule has 2 unspecified atom stereocenters. The molecule has 2 aromatic rings. The van der Waals surface area contributed by atoms with E-state index < -0.39 is 0 Å². The van der Waals surface area contributed by atoms with E-state index in [2.05, 4.69) is 17.4 Å². The van der Waals surface area contributed by atoms with E-state index in [1.807, 2.05) is 57.2 Å². The lowest BCUT2D eigenvalue weighted by Crippen LogP contribution is -2.53. The predicted molar refractivity (Wildman–Crippen MR) is 115 cm³/mol. The average molecular weight is 396 g/mol. The van der Waals surface area contributed by atoms with Crippen LogP contribution < -0.4 is 5.32 Å². The first kappa shape index (κ1) is 21.1. The summed E-state index contributed by atoms with van der Waals surface area (Å²) in [5.74, 6) is 0.0557. The van der Waals surface area contributed by atoms with Gasteiger partial charge in [-0.05, 0) is 37.5 Å². The molecule has 154 valence electrons. The first-order chi connectivity index (χ1) is 13.9. The van der Waals surface area contributed by atoms with E-state index in [0.29, 0.717) is 17.0 Å². The number of esters is 1. The predicted octanol–water partition coefficient (Wildman–Crippen LogP) is 3.81. The third-order valence-electron chi connectivity index (χ3n) is 5.82. The van der Waals surface area contributed by atoms with Gasteiger partial charge >= 0.3 is 5.97 Å². The molecule has 0 saturated carbocycles. The first-order valence-electron chi connectivity index (χ1n) is 10.3. The summed E-state index contributed by atoms with van der Waals surface area (Å²) in [6.45, 7) is 8.22. The fourth-order valence-electron chi connectivity index (χ4n) is 4.40. The van der Waals surface area contributed by atoms with Crippen LogP contribution in [0.4, 0.5) is 5.69 Å². The fourth-order valence-corrected chi connectivity index (χ4v) is 4.40. The maximum Gasteiger partial charge on any atom is 0.361 e. The zero-order valence-corrected chi connectivity index (χ0v) is 17.6. The monoisotopic (exact) mass is 395 g/mol. The van der Waals surface area contributed by atoms with E-state index >= 15 is 0 Å². The SMILES string of the molecule is CCOC(=O)C[N+]1(CC(=O)Nc2c(C)cccc2C)CCC(c2ccccc2)C1. The maximum atomic E-state index is 13.0.